The third kappa shape index (κ3) is 2.71. The molecule has 1 aliphatic rings. The predicted octanol–water partition coefficient (Wildman–Crippen LogP) is 4.28. The molecule has 0 N–H and O–H groups in total. The predicted molar refractivity (Wildman–Crippen MR) is 85.9 cm³/mol. The van der Waals surface area contributed by atoms with Crippen molar-refractivity contribution in [1.82, 2.24) is 0 Å². The fourth-order valence-electron chi connectivity index (χ4n) is 2.92. The van der Waals surface area contributed by atoms with Crippen molar-refractivity contribution in [3.8, 4) is 11.1 Å². The average Bonchev–Trinajstić information content (AvgIpc) is 2.67. The van der Waals surface area contributed by atoms with E-state index in [-0.39, 0.29) is 18.9 Å². The Bertz CT molecular complexity index is 630. The Morgan fingerprint density at radius 2 is 1.58 bits per heavy atom. The molecule has 92 valence electrons. The summed E-state index contributed by atoms with van der Waals surface area (Å²) in [4.78, 5) is 0. The standard InChI is InChI=1S/C18H18.Li.H/c1-12-7-13(2)10-16(9-12)17-6-4-5-15-8-14(3)11-18(15)17;;/h4-7,9-11H,8H2,1-3H3;;. The molecule has 0 nitrogen and oxygen atoms in total. The minimum atomic E-state index is 0. The molecule has 0 saturated carbocycles. The zero-order valence-corrected chi connectivity index (χ0v) is 11.2. The number of benzene rings is 2. The Balaban J connectivity index is 0.00000133. The summed E-state index contributed by atoms with van der Waals surface area (Å²) in [5.41, 5.74) is 9.72. The Hall–Kier alpha value is -1.22. The average molecular weight is 242 g/mol. The number of rotatable bonds is 1. The van der Waals surface area contributed by atoms with Crippen molar-refractivity contribution in [3.63, 3.8) is 0 Å². The first-order chi connectivity index (χ1) is 8.63. The molecule has 0 atom stereocenters. The van der Waals surface area contributed by atoms with Crippen LogP contribution >= 0.6 is 0 Å². The van der Waals surface area contributed by atoms with Crippen LogP contribution in [-0.4, -0.2) is 18.9 Å². The topological polar surface area (TPSA) is 0 Å². The van der Waals surface area contributed by atoms with E-state index in [2.05, 4.69) is 63.2 Å². The van der Waals surface area contributed by atoms with Gasteiger partial charge in [0.25, 0.3) is 0 Å². The Morgan fingerprint density at radius 3 is 2.26 bits per heavy atom. The van der Waals surface area contributed by atoms with Crippen molar-refractivity contribution < 1.29 is 0 Å². The van der Waals surface area contributed by atoms with Crippen LogP contribution in [0.1, 0.15) is 29.2 Å². The SMILES string of the molecule is CC1=Cc2c(cccc2-c2cc(C)cc(C)c2)C1.[LiH]. The van der Waals surface area contributed by atoms with Crippen LogP contribution < -0.4 is 0 Å². The van der Waals surface area contributed by atoms with Gasteiger partial charge in [-0.25, -0.2) is 0 Å². The molecule has 0 spiro atoms. The van der Waals surface area contributed by atoms with E-state index in [1.165, 1.54) is 39.0 Å². The van der Waals surface area contributed by atoms with Crippen molar-refractivity contribution >= 4 is 24.9 Å². The third-order valence-electron chi connectivity index (χ3n) is 3.59. The van der Waals surface area contributed by atoms with Gasteiger partial charge in [-0.15, -0.1) is 0 Å². The van der Waals surface area contributed by atoms with Crippen LogP contribution in [-0.2, 0) is 6.42 Å². The summed E-state index contributed by atoms with van der Waals surface area (Å²) < 4.78 is 0. The fourth-order valence-corrected chi connectivity index (χ4v) is 2.92. The number of hydrogen-bond donors (Lipinski definition) is 0. The zero-order valence-electron chi connectivity index (χ0n) is 11.2. The Kier molecular flexibility index (Phi) is 4.04. The van der Waals surface area contributed by atoms with Gasteiger partial charge in [-0.3, -0.25) is 0 Å². The summed E-state index contributed by atoms with van der Waals surface area (Å²) in [6.45, 7) is 6.55. The molecule has 0 fully saturated rings. The molecule has 1 aliphatic carbocycles. The van der Waals surface area contributed by atoms with Gasteiger partial charge in [-0.05, 0) is 49.4 Å². The van der Waals surface area contributed by atoms with Crippen LogP contribution in [0.2, 0.25) is 0 Å². The van der Waals surface area contributed by atoms with E-state index in [0.29, 0.717) is 0 Å². The van der Waals surface area contributed by atoms with Gasteiger partial charge in [-0.2, -0.15) is 0 Å². The molecule has 0 heterocycles. The molecule has 0 aliphatic heterocycles. The zero-order chi connectivity index (χ0) is 12.7. The van der Waals surface area contributed by atoms with Gasteiger partial charge >= 0.3 is 18.9 Å². The van der Waals surface area contributed by atoms with Crippen molar-refractivity contribution in [1.29, 1.82) is 0 Å². The summed E-state index contributed by atoms with van der Waals surface area (Å²) in [5, 5.41) is 0. The van der Waals surface area contributed by atoms with E-state index in [0.717, 1.165) is 6.42 Å². The molecular formula is C18H19Li. The van der Waals surface area contributed by atoms with Crippen LogP contribution in [0.3, 0.4) is 0 Å². The minimum absolute atomic E-state index is 0. The molecule has 0 bridgehead atoms. The second-order valence-electron chi connectivity index (χ2n) is 5.42. The first-order valence-corrected chi connectivity index (χ1v) is 6.51. The van der Waals surface area contributed by atoms with Gasteiger partial charge in [0.05, 0.1) is 0 Å². The van der Waals surface area contributed by atoms with E-state index in [1.54, 1.807) is 0 Å². The van der Waals surface area contributed by atoms with Crippen molar-refractivity contribution in [2.75, 3.05) is 0 Å². The molecule has 0 radical (unpaired) electrons. The molecular weight excluding hydrogens is 223 g/mol. The van der Waals surface area contributed by atoms with Crippen LogP contribution in [0.15, 0.2) is 42.0 Å². The van der Waals surface area contributed by atoms with Crippen molar-refractivity contribution in [3.05, 3.63) is 64.2 Å². The first-order valence-electron chi connectivity index (χ1n) is 6.51. The van der Waals surface area contributed by atoms with Crippen molar-refractivity contribution in [2.45, 2.75) is 27.2 Å². The molecule has 0 unspecified atom stereocenters. The van der Waals surface area contributed by atoms with E-state index in [4.69, 9.17) is 0 Å². The van der Waals surface area contributed by atoms with Crippen LogP contribution in [0.25, 0.3) is 17.2 Å². The monoisotopic (exact) mass is 242 g/mol. The maximum absolute atomic E-state index is 2.34. The van der Waals surface area contributed by atoms with Gasteiger partial charge in [0.2, 0.25) is 0 Å². The van der Waals surface area contributed by atoms with Gasteiger partial charge in [-0.1, -0.05) is 59.2 Å². The molecule has 0 amide bonds. The normalized spacial score (nSPS) is 12.7. The molecule has 1 heteroatoms. The second kappa shape index (κ2) is 5.41. The molecule has 0 saturated heterocycles. The quantitative estimate of drug-likeness (QED) is 0.655. The van der Waals surface area contributed by atoms with E-state index in [1.807, 2.05) is 0 Å². The number of fused-ring (bicyclic) bond motifs is 1. The molecule has 2 aromatic rings. The summed E-state index contributed by atoms with van der Waals surface area (Å²) in [7, 11) is 0. The summed E-state index contributed by atoms with van der Waals surface area (Å²) >= 11 is 0. The maximum atomic E-state index is 2.34. The summed E-state index contributed by atoms with van der Waals surface area (Å²) in [5.74, 6) is 0. The number of allylic oxidation sites excluding steroid dienone is 1. The van der Waals surface area contributed by atoms with E-state index in [9.17, 15) is 0 Å². The molecule has 2 aromatic carbocycles. The second-order valence-corrected chi connectivity index (χ2v) is 5.42. The number of hydrogen-bond acceptors (Lipinski definition) is 0. The van der Waals surface area contributed by atoms with Gasteiger partial charge in [0, 0.05) is 0 Å². The fraction of sp³-hybridized carbons (Fsp3) is 0.222. The van der Waals surface area contributed by atoms with Gasteiger partial charge < -0.3 is 0 Å². The third-order valence-corrected chi connectivity index (χ3v) is 3.59. The van der Waals surface area contributed by atoms with Crippen molar-refractivity contribution in [2.24, 2.45) is 0 Å². The molecule has 19 heavy (non-hydrogen) atoms. The van der Waals surface area contributed by atoms with Gasteiger partial charge in [0.15, 0.2) is 0 Å². The summed E-state index contributed by atoms with van der Waals surface area (Å²) in [6, 6.07) is 13.5. The van der Waals surface area contributed by atoms with Crippen LogP contribution in [0.5, 0.6) is 0 Å². The summed E-state index contributed by atoms with van der Waals surface area (Å²) in [6.07, 6.45) is 3.44. The number of aryl methyl sites for hydroxylation is 2. The van der Waals surface area contributed by atoms with Crippen LogP contribution in [0.4, 0.5) is 0 Å². The van der Waals surface area contributed by atoms with E-state index < -0.39 is 0 Å². The van der Waals surface area contributed by atoms with E-state index >= 15 is 0 Å². The first kappa shape index (κ1) is 14.2. The molecule has 0 aromatic heterocycles. The molecule has 3 rings (SSSR count). The Labute approximate surface area is 127 Å². The Morgan fingerprint density at radius 1 is 0.895 bits per heavy atom. The van der Waals surface area contributed by atoms with Crippen LogP contribution in [0, 0.1) is 13.8 Å². The van der Waals surface area contributed by atoms with Gasteiger partial charge in [0.1, 0.15) is 0 Å².